The van der Waals surface area contributed by atoms with Crippen molar-refractivity contribution in [1.82, 2.24) is 0 Å². The Labute approximate surface area is 125 Å². The van der Waals surface area contributed by atoms with Gasteiger partial charge in [0.25, 0.3) is 0 Å². The highest BCUT2D eigenvalue weighted by molar-refractivity contribution is 9.10. The highest BCUT2D eigenvalue weighted by atomic mass is 79.9. The summed E-state index contributed by atoms with van der Waals surface area (Å²) in [5.41, 5.74) is 2.25. The summed E-state index contributed by atoms with van der Waals surface area (Å²) in [4.78, 5) is 2.47. The summed E-state index contributed by atoms with van der Waals surface area (Å²) in [5, 5.41) is -0.160. The number of thiophene rings is 1. The molecular formula is C14H14BrClOS. The number of alkyl halides is 1. The smallest absolute Gasteiger partial charge is 0.125 e. The minimum Gasteiger partial charge on any atom is -0.496 e. The van der Waals surface area contributed by atoms with Crippen LogP contribution in [0.3, 0.4) is 0 Å². The van der Waals surface area contributed by atoms with E-state index in [4.69, 9.17) is 16.3 Å². The van der Waals surface area contributed by atoms with Crippen molar-refractivity contribution in [2.24, 2.45) is 0 Å². The Morgan fingerprint density at radius 2 is 2.00 bits per heavy atom. The fourth-order valence-corrected chi connectivity index (χ4v) is 3.81. The minimum absolute atomic E-state index is 0.160. The third kappa shape index (κ3) is 2.73. The lowest BCUT2D eigenvalue weighted by atomic mass is 10.1. The van der Waals surface area contributed by atoms with Gasteiger partial charge < -0.3 is 4.74 Å². The molecule has 0 saturated heterocycles. The van der Waals surface area contributed by atoms with Crippen molar-refractivity contribution < 1.29 is 4.74 Å². The van der Waals surface area contributed by atoms with Crippen LogP contribution in [0.25, 0.3) is 0 Å². The van der Waals surface area contributed by atoms with Gasteiger partial charge in [0.15, 0.2) is 0 Å². The normalized spacial score (nSPS) is 12.5. The standard InChI is InChI=1S/C14H14BrClOS/c1-8-6-9(2)18-14(8)13(16)11-5-4-10(15)7-12(11)17-3/h4-7,13H,1-3H3. The first-order chi connectivity index (χ1) is 8.52. The maximum Gasteiger partial charge on any atom is 0.125 e. The maximum absolute atomic E-state index is 6.60. The van der Waals surface area contributed by atoms with E-state index in [0.29, 0.717) is 0 Å². The first-order valence-corrected chi connectivity index (χ1v) is 7.62. The van der Waals surface area contributed by atoms with Crippen LogP contribution in [0.1, 0.15) is 26.3 Å². The van der Waals surface area contributed by atoms with E-state index in [1.165, 1.54) is 15.3 Å². The number of rotatable bonds is 3. The van der Waals surface area contributed by atoms with Gasteiger partial charge >= 0.3 is 0 Å². The van der Waals surface area contributed by atoms with E-state index < -0.39 is 0 Å². The van der Waals surface area contributed by atoms with E-state index in [2.05, 4.69) is 35.8 Å². The van der Waals surface area contributed by atoms with Crippen LogP contribution in [-0.2, 0) is 0 Å². The van der Waals surface area contributed by atoms with Gasteiger partial charge in [-0.3, -0.25) is 0 Å². The minimum atomic E-state index is -0.160. The second kappa shape index (κ2) is 5.64. The first kappa shape index (κ1) is 13.9. The molecule has 0 N–H and O–H groups in total. The monoisotopic (exact) mass is 344 g/mol. The lowest BCUT2D eigenvalue weighted by Crippen LogP contribution is -1.97. The second-order valence-electron chi connectivity index (χ2n) is 4.15. The Balaban J connectivity index is 2.45. The highest BCUT2D eigenvalue weighted by Gasteiger charge is 2.19. The molecule has 0 radical (unpaired) electrons. The molecule has 0 bridgehead atoms. The molecule has 0 aliphatic carbocycles. The Morgan fingerprint density at radius 3 is 2.56 bits per heavy atom. The molecule has 0 aliphatic rings. The van der Waals surface area contributed by atoms with Crippen molar-refractivity contribution >= 4 is 38.9 Å². The van der Waals surface area contributed by atoms with Crippen molar-refractivity contribution in [3.8, 4) is 5.75 Å². The molecule has 2 aromatic rings. The van der Waals surface area contributed by atoms with Crippen molar-refractivity contribution in [3.63, 3.8) is 0 Å². The van der Waals surface area contributed by atoms with Crippen LogP contribution in [-0.4, -0.2) is 7.11 Å². The molecule has 1 atom stereocenters. The molecule has 1 nitrogen and oxygen atoms in total. The molecule has 1 unspecified atom stereocenters. The predicted molar refractivity (Wildman–Crippen MR) is 82.2 cm³/mol. The average molecular weight is 346 g/mol. The van der Waals surface area contributed by atoms with Gasteiger partial charge in [-0.05, 0) is 37.6 Å². The van der Waals surface area contributed by atoms with Gasteiger partial charge in [0.05, 0.1) is 12.5 Å². The average Bonchev–Trinajstić information content (AvgIpc) is 2.67. The van der Waals surface area contributed by atoms with Crippen LogP contribution in [0.4, 0.5) is 0 Å². The van der Waals surface area contributed by atoms with Crippen molar-refractivity contribution in [1.29, 1.82) is 0 Å². The summed E-state index contributed by atoms with van der Waals surface area (Å²) in [7, 11) is 1.67. The van der Waals surface area contributed by atoms with Gasteiger partial charge in [-0.25, -0.2) is 0 Å². The Hall–Kier alpha value is -0.510. The second-order valence-corrected chi connectivity index (χ2v) is 6.79. The summed E-state index contributed by atoms with van der Waals surface area (Å²) in [6, 6.07) is 8.11. The number of hydrogen-bond donors (Lipinski definition) is 0. The van der Waals surface area contributed by atoms with Gasteiger partial charge in [-0.1, -0.05) is 22.0 Å². The van der Waals surface area contributed by atoms with Gasteiger partial charge in [-0.15, -0.1) is 22.9 Å². The molecule has 0 spiro atoms. The molecule has 1 aromatic carbocycles. The molecule has 1 aromatic heterocycles. The van der Waals surface area contributed by atoms with Gasteiger partial charge in [0.1, 0.15) is 5.75 Å². The molecular weight excluding hydrogens is 332 g/mol. The highest BCUT2D eigenvalue weighted by Crippen LogP contribution is 2.40. The van der Waals surface area contributed by atoms with Gasteiger partial charge in [-0.2, -0.15) is 0 Å². The number of halogens is 2. The first-order valence-electron chi connectivity index (χ1n) is 5.57. The molecule has 18 heavy (non-hydrogen) atoms. The lowest BCUT2D eigenvalue weighted by molar-refractivity contribution is 0.410. The Kier molecular flexibility index (Phi) is 4.36. The van der Waals surface area contributed by atoms with Crippen LogP contribution >= 0.6 is 38.9 Å². The quantitative estimate of drug-likeness (QED) is 0.671. The summed E-state index contributed by atoms with van der Waals surface area (Å²) < 4.78 is 6.40. The van der Waals surface area contributed by atoms with Crippen molar-refractivity contribution in [2.45, 2.75) is 19.2 Å². The molecule has 0 amide bonds. The van der Waals surface area contributed by atoms with Crippen LogP contribution in [0.15, 0.2) is 28.7 Å². The lowest BCUT2D eigenvalue weighted by Gasteiger charge is -2.14. The van der Waals surface area contributed by atoms with E-state index >= 15 is 0 Å². The van der Waals surface area contributed by atoms with Gasteiger partial charge in [0.2, 0.25) is 0 Å². The van der Waals surface area contributed by atoms with Crippen LogP contribution in [0.2, 0.25) is 0 Å². The molecule has 1 heterocycles. The molecule has 0 saturated carbocycles. The van der Waals surface area contributed by atoms with E-state index in [0.717, 1.165) is 15.8 Å². The van der Waals surface area contributed by atoms with E-state index in [9.17, 15) is 0 Å². The fourth-order valence-electron chi connectivity index (χ4n) is 1.95. The van der Waals surface area contributed by atoms with E-state index in [1.54, 1.807) is 18.4 Å². The summed E-state index contributed by atoms with van der Waals surface area (Å²) in [6.07, 6.45) is 0. The number of hydrogen-bond acceptors (Lipinski definition) is 2. The Bertz CT molecular complexity index is 565. The van der Waals surface area contributed by atoms with Crippen molar-refractivity contribution in [2.75, 3.05) is 7.11 Å². The fraction of sp³-hybridized carbons (Fsp3) is 0.286. The Morgan fingerprint density at radius 1 is 1.28 bits per heavy atom. The summed E-state index contributed by atoms with van der Waals surface area (Å²) in [5.74, 6) is 0.815. The molecule has 2 rings (SSSR count). The topological polar surface area (TPSA) is 9.23 Å². The SMILES string of the molecule is COc1cc(Br)ccc1C(Cl)c1sc(C)cc1C. The molecule has 0 fully saturated rings. The summed E-state index contributed by atoms with van der Waals surface area (Å²) in [6.45, 7) is 4.20. The maximum atomic E-state index is 6.60. The zero-order valence-corrected chi connectivity index (χ0v) is 13.6. The van der Waals surface area contributed by atoms with Crippen molar-refractivity contribution in [3.05, 3.63) is 49.6 Å². The zero-order valence-electron chi connectivity index (χ0n) is 10.5. The zero-order chi connectivity index (χ0) is 13.3. The number of ether oxygens (including phenoxy) is 1. The third-order valence-corrected chi connectivity index (χ3v) is 5.07. The van der Waals surface area contributed by atoms with Gasteiger partial charge in [0, 0.05) is 19.8 Å². The van der Waals surface area contributed by atoms with Crippen LogP contribution < -0.4 is 4.74 Å². The van der Waals surface area contributed by atoms with E-state index in [-0.39, 0.29) is 5.38 Å². The van der Waals surface area contributed by atoms with Crippen LogP contribution in [0, 0.1) is 13.8 Å². The van der Waals surface area contributed by atoms with E-state index in [1.807, 2.05) is 18.2 Å². The summed E-state index contributed by atoms with van der Waals surface area (Å²) >= 11 is 11.8. The number of benzene rings is 1. The molecule has 96 valence electrons. The number of methoxy groups -OCH3 is 1. The molecule has 0 aliphatic heterocycles. The number of aryl methyl sites for hydroxylation is 2. The molecule has 4 heteroatoms. The third-order valence-electron chi connectivity index (χ3n) is 2.78. The predicted octanol–water partition coefficient (Wildman–Crippen LogP) is 5.46. The van der Waals surface area contributed by atoms with Crippen LogP contribution in [0.5, 0.6) is 5.75 Å². The largest absolute Gasteiger partial charge is 0.496 e.